The Hall–Kier alpha value is -2.87. The van der Waals surface area contributed by atoms with Gasteiger partial charge >= 0.3 is 11.9 Å². The van der Waals surface area contributed by atoms with Crippen LogP contribution < -0.4 is 17.1 Å². The van der Waals surface area contributed by atoms with Gasteiger partial charge in [-0.2, -0.15) is 13.2 Å². The zero-order valence-electron chi connectivity index (χ0n) is 15.1. The molecule has 0 fully saturated rings. The van der Waals surface area contributed by atoms with E-state index in [0.29, 0.717) is 12.1 Å². The van der Waals surface area contributed by atoms with Crippen molar-refractivity contribution < 1.29 is 22.0 Å². The molecule has 0 aliphatic rings. The molecule has 1 aromatic carbocycles. The summed E-state index contributed by atoms with van der Waals surface area (Å²) in [6.07, 6.45) is -5.06. The van der Waals surface area contributed by atoms with Crippen molar-refractivity contribution >= 4 is 8.07 Å². The van der Waals surface area contributed by atoms with Gasteiger partial charge < -0.3 is 5.84 Å². The van der Waals surface area contributed by atoms with E-state index in [9.17, 15) is 31.5 Å². The van der Waals surface area contributed by atoms with Crippen LogP contribution in [0.15, 0.2) is 27.8 Å². The Labute approximate surface area is 157 Å². The normalized spacial score (nSPS) is 11.9. The second-order valence-electron chi connectivity index (χ2n) is 6.63. The van der Waals surface area contributed by atoms with Crippen LogP contribution in [-0.4, -0.2) is 17.3 Å². The minimum absolute atomic E-state index is 0.0697. The van der Waals surface area contributed by atoms with Gasteiger partial charge in [0.25, 0.3) is 5.56 Å². The SMILES string of the molecule is CC[Si](C)(C)C#Cc1c(F)cc(-n2c(=O)cc(C(F)(F)F)n(N)c2=O)cc1F. The topological polar surface area (TPSA) is 70.0 Å². The van der Waals surface area contributed by atoms with E-state index in [0.717, 1.165) is 6.04 Å². The molecule has 0 saturated carbocycles. The maximum atomic E-state index is 14.3. The Balaban J connectivity index is 2.68. The van der Waals surface area contributed by atoms with Crippen molar-refractivity contribution in [2.24, 2.45) is 0 Å². The van der Waals surface area contributed by atoms with E-state index in [2.05, 4.69) is 11.5 Å². The Bertz CT molecular complexity index is 1080. The zero-order valence-corrected chi connectivity index (χ0v) is 16.1. The van der Waals surface area contributed by atoms with Crippen LogP contribution in [0.2, 0.25) is 19.1 Å². The van der Waals surface area contributed by atoms with Crippen LogP contribution in [0, 0.1) is 23.1 Å². The first-order valence-corrected chi connectivity index (χ1v) is 11.2. The third kappa shape index (κ3) is 4.17. The van der Waals surface area contributed by atoms with Crippen molar-refractivity contribution in [3.05, 3.63) is 61.9 Å². The van der Waals surface area contributed by atoms with Crippen molar-refractivity contribution in [3.63, 3.8) is 0 Å². The molecule has 0 radical (unpaired) electrons. The van der Waals surface area contributed by atoms with Crippen LogP contribution in [0.5, 0.6) is 0 Å². The van der Waals surface area contributed by atoms with Crippen LogP contribution in [-0.2, 0) is 6.18 Å². The van der Waals surface area contributed by atoms with Crippen LogP contribution in [0.3, 0.4) is 0 Å². The highest BCUT2D eigenvalue weighted by Gasteiger charge is 2.35. The number of halogens is 5. The van der Waals surface area contributed by atoms with Gasteiger partial charge in [-0.3, -0.25) is 4.79 Å². The van der Waals surface area contributed by atoms with Crippen LogP contribution >= 0.6 is 0 Å². The number of nitrogens with zero attached hydrogens (tertiary/aromatic N) is 2. The van der Waals surface area contributed by atoms with Gasteiger partial charge in [0, 0.05) is 6.07 Å². The Morgan fingerprint density at radius 2 is 1.64 bits per heavy atom. The molecule has 0 unspecified atom stereocenters. The summed E-state index contributed by atoms with van der Waals surface area (Å²) in [6.45, 7) is 5.73. The minimum Gasteiger partial charge on any atom is -0.335 e. The quantitative estimate of drug-likeness (QED) is 0.354. The van der Waals surface area contributed by atoms with Crippen LogP contribution in [0.1, 0.15) is 18.2 Å². The summed E-state index contributed by atoms with van der Waals surface area (Å²) < 4.78 is 67.0. The summed E-state index contributed by atoms with van der Waals surface area (Å²) in [6, 6.07) is 2.12. The molecular weight excluding hydrogens is 401 g/mol. The van der Waals surface area contributed by atoms with Gasteiger partial charge in [0.05, 0.1) is 11.3 Å². The predicted octanol–water partition coefficient (Wildman–Crippen LogP) is 2.63. The molecule has 1 aromatic heterocycles. The first-order valence-electron chi connectivity index (χ1n) is 8.02. The summed E-state index contributed by atoms with van der Waals surface area (Å²) >= 11 is 0. The number of nitrogen functional groups attached to an aromatic ring is 1. The molecule has 150 valence electrons. The lowest BCUT2D eigenvalue weighted by Crippen LogP contribution is -2.45. The number of benzene rings is 1. The first kappa shape index (κ1) is 21.4. The average Bonchev–Trinajstić information content (AvgIpc) is 2.56. The molecule has 5 nitrogen and oxygen atoms in total. The Morgan fingerprint density at radius 1 is 1.11 bits per heavy atom. The van der Waals surface area contributed by atoms with E-state index in [1.807, 2.05) is 20.0 Å². The van der Waals surface area contributed by atoms with E-state index in [1.54, 1.807) is 0 Å². The molecule has 0 amide bonds. The molecule has 28 heavy (non-hydrogen) atoms. The summed E-state index contributed by atoms with van der Waals surface area (Å²) in [5, 5.41) is 0. The lowest BCUT2D eigenvalue weighted by molar-refractivity contribution is -0.143. The number of hydrogen-bond donors (Lipinski definition) is 1. The summed E-state index contributed by atoms with van der Waals surface area (Å²) in [5.41, 5.74) is -3.02. The van der Waals surface area contributed by atoms with E-state index < -0.39 is 54.1 Å². The summed E-state index contributed by atoms with van der Waals surface area (Å²) in [5.74, 6) is 5.24. The maximum absolute atomic E-state index is 14.3. The lowest BCUT2D eigenvalue weighted by Gasteiger charge is -2.14. The molecule has 2 rings (SSSR count). The number of aromatic nitrogens is 2. The van der Waals surface area contributed by atoms with Gasteiger partial charge in [-0.05, 0) is 18.2 Å². The molecule has 0 bridgehead atoms. The standard InChI is InChI=1S/C17H16F5N3O2Si/c1-4-28(2,3)6-5-11-12(18)7-10(8-13(11)19)24-15(26)9-14(17(20,21)22)25(23)16(24)27/h7-9H,4,23H2,1-3H3. The average molecular weight is 417 g/mol. The van der Waals surface area contributed by atoms with Crippen LogP contribution in [0.4, 0.5) is 22.0 Å². The predicted molar refractivity (Wildman–Crippen MR) is 96.2 cm³/mol. The molecule has 0 saturated heterocycles. The van der Waals surface area contributed by atoms with E-state index in [4.69, 9.17) is 5.84 Å². The molecule has 1 heterocycles. The fourth-order valence-corrected chi connectivity index (χ4v) is 2.78. The minimum atomic E-state index is -5.06. The van der Waals surface area contributed by atoms with E-state index in [-0.39, 0.29) is 15.3 Å². The van der Waals surface area contributed by atoms with Crippen molar-refractivity contribution in [2.45, 2.75) is 32.2 Å². The van der Waals surface area contributed by atoms with Gasteiger partial charge in [-0.25, -0.2) is 22.8 Å². The van der Waals surface area contributed by atoms with Crippen molar-refractivity contribution in [3.8, 4) is 17.2 Å². The fourth-order valence-electron chi connectivity index (χ4n) is 2.14. The molecule has 2 aromatic rings. The zero-order chi connectivity index (χ0) is 21.4. The third-order valence-corrected chi connectivity index (χ3v) is 6.69. The highest BCUT2D eigenvalue weighted by Crippen LogP contribution is 2.26. The van der Waals surface area contributed by atoms with Gasteiger partial charge in [-0.15, -0.1) is 5.54 Å². The highest BCUT2D eigenvalue weighted by atomic mass is 28.3. The smallest absolute Gasteiger partial charge is 0.335 e. The van der Waals surface area contributed by atoms with Gasteiger partial charge in [0.1, 0.15) is 19.7 Å². The monoisotopic (exact) mass is 417 g/mol. The van der Waals surface area contributed by atoms with Gasteiger partial charge in [0.2, 0.25) is 0 Å². The number of nitrogens with two attached hydrogens (primary N) is 1. The number of hydrogen-bond acceptors (Lipinski definition) is 3. The number of alkyl halides is 3. The van der Waals surface area contributed by atoms with Crippen molar-refractivity contribution in [2.75, 3.05) is 5.84 Å². The van der Waals surface area contributed by atoms with Gasteiger partial charge in [0.15, 0.2) is 5.69 Å². The molecular formula is C17H16F5N3O2Si. The Kier molecular flexibility index (Phi) is 5.56. The van der Waals surface area contributed by atoms with Gasteiger partial charge in [-0.1, -0.05) is 25.9 Å². The molecule has 2 N–H and O–H groups in total. The molecule has 11 heteroatoms. The fraction of sp³-hybridized carbons (Fsp3) is 0.294. The Morgan fingerprint density at radius 3 is 2.11 bits per heavy atom. The second-order valence-corrected chi connectivity index (χ2v) is 11.4. The summed E-state index contributed by atoms with van der Waals surface area (Å²) in [7, 11) is -1.96. The largest absolute Gasteiger partial charge is 0.433 e. The molecule has 0 aliphatic heterocycles. The summed E-state index contributed by atoms with van der Waals surface area (Å²) in [4.78, 5) is 24.1. The van der Waals surface area contributed by atoms with Crippen molar-refractivity contribution in [1.29, 1.82) is 0 Å². The third-order valence-electron chi connectivity index (χ3n) is 4.12. The van der Waals surface area contributed by atoms with Crippen LogP contribution in [0.25, 0.3) is 5.69 Å². The van der Waals surface area contributed by atoms with E-state index >= 15 is 0 Å². The number of rotatable bonds is 2. The van der Waals surface area contributed by atoms with Crippen molar-refractivity contribution in [1.82, 2.24) is 9.24 Å². The van der Waals surface area contributed by atoms with E-state index in [1.165, 1.54) is 0 Å². The molecule has 0 aliphatic carbocycles. The molecule has 0 atom stereocenters. The highest BCUT2D eigenvalue weighted by molar-refractivity contribution is 6.85. The lowest BCUT2D eigenvalue weighted by atomic mass is 10.2. The second kappa shape index (κ2) is 7.27. The molecule has 0 spiro atoms. The maximum Gasteiger partial charge on any atom is 0.433 e. The first-order chi connectivity index (χ1) is 12.8.